The molecule has 2 rings (SSSR count). The number of sulfonamides is 1. The Kier molecular flexibility index (Phi) is 3.82. The Bertz CT molecular complexity index is 667. The number of hydrogen-bond donors (Lipinski definition) is 2. The van der Waals surface area contributed by atoms with E-state index in [1.165, 1.54) is 24.3 Å². The normalized spacial score (nSPS) is 11.4. The highest BCUT2D eigenvalue weighted by Gasteiger charge is 2.13. The van der Waals surface area contributed by atoms with Gasteiger partial charge in [-0.2, -0.15) is 0 Å². The maximum Gasteiger partial charge on any atom is 0.240 e. The van der Waals surface area contributed by atoms with Crippen LogP contribution in [0.4, 0.5) is 0 Å². The molecule has 0 aliphatic heterocycles. The minimum absolute atomic E-state index is 0.0314. The van der Waals surface area contributed by atoms with Gasteiger partial charge in [0.15, 0.2) is 0 Å². The summed E-state index contributed by atoms with van der Waals surface area (Å²) in [6.45, 7) is 2.08. The Morgan fingerprint density at radius 2 is 1.89 bits per heavy atom. The molecule has 0 saturated heterocycles. The van der Waals surface area contributed by atoms with Crippen molar-refractivity contribution in [3.05, 3.63) is 53.9 Å². The highest BCUT2D eigenvalue weighted by Crippen LogP contribution is 2.15. The molecule has 1 heterocycles. The zero-order chi connectivity index (χ0) is 13.9. The molecule has 1 aromatic heterocycles. The number of benzene rings is 1. The van der Waals surface area contributed by atoms with Crippen molar-refractivity contribution in [2.75, 3.05) is 0 Å². The van der Waals surface area contributed by atoms with Gasteiger partial charge in [0.25, 0.3) is 0 Å². The molecule has 0 atom stereocenters. The molecule has 0 saturated carbocycles. The number of nitrogens with one attached hydrogen (secondary N) is 1. The second-order valence-electron chi connectivity index (χ2n) is 4.12. The number of pyridine rings is 1. The number of aromatic nitrogens is 1. The van der Waals surface area contributed by atoms with E-state index in [1.54, 1.807) is 18.5 Å². The number of aryl methyl sites for hydroxylation is 1. The van der Waals surface area contributed by atoms with E-state index in [-0.39, 0.29) is 17.2 Å². The van der Waals surface area contributed by atoms with Gasteiger partial charge in [0.1, 0.15) is 5.75 Å². The Balaban J connectivity index is 2.14. The second-order valence-corrected chi connectivity index (χ2v) is 5.89. The number of nitrogens with zero attached hydrogens (tertiary/aromatic N) is 1. The molecule has 19 heavy (non-hydrogen) atoms. The molecule has 0 unspecified atom stereocenters. The lowest BCUT2D eigenvalue weighted by Gasteiger charge is -2.08. The maximum atomic E-state index is 12.0. The molecule has 0 aliphatic carbocycles. The van der Waals surface area contributed by atoms with Crippen LogP contribution < -0.4 is 4.72 Å². The van der Waals surface area contributed by atoms with E-state index in [4.69, 9.17) is 5.11 Å². The van der Waals surface area contributed by atoms with E-state index in [0.717, 1.165) is 11.1 Å². The molecule has 100 valence electrons. The smallest absolute Gasteiger partial charge is 0.240 e. The van der Waals surface area contributed by atoms with Crippen LogP contribution in [0.1, 0.15) is 11.1 Å². The summed E-state index contributed by atoms with van der Waals surface area (Å²) in [7, 11) is -3.57. The molecule has 1 aromatic carbocycles. The van der Waals surface area contributed by atoms with Crippen molar-refractivity contribution in [1.82, 2.24) is 9.71 Å². The quantitative estimate of drug-likeness (QED) is 0.889. The fourth-order valence-electron chi connectivity index (χ4n) is 1.58. The Labute approximate surface area is 112 Å². The molecular formula is C13H14N2O3S. The monoisotopic (exact) mass is 278 g/mol. The molecular weight excluding hydrogens is 264 g/mol. The number of aromatic hydroxyl groups is 1. The van der Waals surface area contributed by atoms with Gasteiger partial charge in [-0.3, -0.25) is 4.98 Å². The van der Waals surface area contributed by atoms with Gasteiger partial charge in [-0.1, -0.05) is 0 Å². The van der Waals surface area contributed by atoms with E-state index < -0.39 is 10.0 Å². The maximum absolute atomic E-state index is 12.0. The summed E-state index contributed by atoms with van der Waals surface area (Å²) in [4.78, 5) is 4.07. The SMILES string of the molecule is Cc1cnccc1CNS(=O)(=O)c1ccc(O)cc1. The van der Waals surface area contributed by atoms with Crippen LogP contribution in [0, 0.1) is 6.92 Å². The van der Waals surface area contributed by atoms with Crippen LogP contribution in [0.3, 0.4) is 0 Å². The predicted octanol–water partition coefficient (Wildman–Crippen LogP) is 1.57. The summed E-state index contributed by atoms with van der Waals surface area (Å²) >= 11 is 0. The van der Waals surface area contributed by atoms with Crippen molar-refractivity contribution in [2.24, 2.45) is 0 Å². The van der Waals surface area contributed by atoms with Crippen molar-refractivity contribution in [3.8, 4) is 5.75 Å². The molecule has 5 nitrogen and oxygen atoms in total. The van der Waals surface area contributed by atoms with E-state index in [9.17, 15) is 8.42 Å². The number of phenolic OH excluding ortho intramolecular Hbond substituents is 1. The van der Waals surface area contributed by atoms with Crippen molar-refractivity contribution < 1.29 is 13.5 Å². The summed E-state index contributed by atoms with van der Waals surface area (Å²) in [5.74, 6) is 0.0314. The fourth-order valence-corrected chi connectivity index (χ4v) is 2.59. The van der Waals surface area contributed by atoms with Gasteiger partial charge in [0.05, 0.1) is 4.90 Å². The molecule has 0 fully saturated rings. The average Bonchev–Trinajstić information content (AvgIpc) is 2.38. The number of hydrogen-bond acceptors (Lipinski definition) is 4. The highest BCUT2D eigenvalue weighted by molar-refractivity contribution is 7.89. The van der Waals surface area contributed by atoms with Crippen LogP contribution in [0.15, 0.2) is 47.6 Å². The van der Waals surface area contributed by atoms with Crippen LogP contribution in [0.25, 0.3) is 0 Å². The van der Waals surface area contributed by atoms with E-state index in [0.29, 0.717) is 0 Å². The number of phenols is 1. The summed E-state index contributed by atoms with van der Waals surface area (Å²) in [5, 5.41) is 9.14. The first-order valence-electron chi connectivity index (χ1n) is 5.67. The first-order valence-corrected chi connectivity index (χ1v) is 7.15. The van der Waals surface area contributed by atoms with Gasteiger partial charge in [-0.25, -0.2) is 13.1 Å². The minimum atomic E-state index is -3.57. The minimum Gasteiger partial charge on any atom is -0.508 e. The standard InChI is InChI=1S/C13H14N2O3S/c1-10-8-14-7-6-11(10)9-15-19(17,18)13-4-2-12(16)3-5-13/h2-8,15-16H,9H2,1H3. The molecule has 2 N–H and O–H groups in total. The molecule has 0 spiro atoms. The van der Waals surface area contributed by atoms with Crippen LogP contribution >= 0.6 is 0 Å². The van der Waals surface area contributed by atoms with E-state index >= 15 is 0 Å². The molecule has 0 aliphatic rings. The molecule has 0 radical (unpaired) electrons. The molecule has 6 heteroatoms. The zero-order valence-corrected chi connectivity index (χ0v) is 11.2. The van der Waals surface area contributed by atoms with Crippen LogP contribution in [0.5, 0.6) is 5.75 Å². The van der Waals surface area contributed by atoms with Crippen molar-refractivity contribution in [2.45, 2.75) is 18.4 Å². The highest BCUT2D eigenvalue weighted by atomic mass is 32.2. The fraction of sp³-hybridized carbons (Fsp3) is 0.154. The lowest BCUT2D eigenvalue weighted by atomic mass is 10.2. The van der Waals surface area contributed by atoms with Crippen molar-refractivity contribution >= 4 is 10.0 Å². The van der Waals surface area contributed by atoms with Crippen molar-refractivity contribution in [3.63, 3.8) is 0 Å². The summed E-state index contributed by atoms with van der Waals surface area (Å²) in [6, 6.07) is 7.17. The van der Waals surface area contributed by atoms with Gasteiger partial charge in [-0.05, 0) is 48.4 Å². The Morgan fingerprint density at radius 3 is 2.53 bits per heavy atom. The van der Waals surface area contributed by atoms with Gasteiger partial charge >= 0.3 is 0 Å². The topological polar surface area (TPSA) is 79.3 Å². The third-order valence-corrected chi connectivity index (χ3v) is 4.15. The second kappa shape index (κ2) is 5.38. The summed E-state index contributed by atoms with van der Waals surface area (Å²) in [6.07, 6.45) is 3.31. The lowest BCUT2D eigenvalue weighted by Crippen LogP contribution is -2.23. The van der Waals surface area contributed by atoms with Crippen LogP contribution in [0.2, 0.25) is 0 Å². The first-order chi connectivity index (χ1) is 8.99. The van der Waals surface area contributed by atoms with Gasteiger partial charge in [-0.15, -0.1) is 0 Å². The average molecular weight is 278 g/mol. The molecule has 0 bridgehead atoms. The van der Waals surface area contributed by atoms with Gasteiger partial charge in [0.2, 0.25) is 10.0 Å². The summed E-state index contributed by atoms with van der Waals surface area (Å²) in [5.41, 5.74) is 1.80. The zero-order valence-electron chi connectivity index (χ0n) is 10.4. The molecule has 2 aromatic rings. The van der Waals surface area contributed by atoms with Crippen LogP contribution in [-0.4, -0.2) is 18.5 Å². The van der Waals surface area contributed by atoms with Gasteiger partial charge < -0.3 is 5.11 Å². The molecule has 0 amide bonds. The number of rotatable bonds is 4. The largest absolute Gasteiger partial charge is 0.508 e. The first kappa shape index (κ1) is 13.5. The van der Waals surface area contributed by atoms with Crippen molar-refractivity contribution in [1.29, 1.82) is 0 Å². The lowest BCUT2D eigenvalue weighted by molar-refractivity contribution is 0.474. The van der Waals surface area contributed by atoms with Crippen LogP contribution in [-0.2, 0) is 16.6 Å². The van der Waals surface area contributed by atoms with Gasteiger partial charge in [0, 0.05) is 18.9 Å². The summed E-state index contributed by atoms with van der Waals surface area (Å²) < 4.78 is 26.6. The third-order valence-electron chi connectivity index (χ3n) is 2.74. The van der Waals surface area contributed by atoms with E-state index in [1.807, 2.05) is 6.92 Å². The predicted molar refractivity (Wildman–Crippen MR) is 71.1 cm³/mol. The Hall–Kier alpha value is -1.92. The third kappa shape index (κ3) is 3.30. The van der Waals surface area contributed by atoms with E-state index in [2.05, 4.69) is 9.71 Å². The Morgan fingerprint density at radius 1 is 1.21 bits per heavy atom.